The predicted molar refractivity (Wildman–Crippen MR) is 96.6 cm³/mol. The van der Waals surface area contributed by atoms with Gasteiger partial charge < -0.3 is 15.2 Å². The maximum atomic E-state index is 11.9. The third-order valence-corrected chi connectivity index (χ3v) is 4.03. The third-order valence-electron chi connectivity index (χ3n) is 3.59. The lowest BCUT2D eigenvalue weighted by molar-refractivity contribution is 0.186. The molecular weight excluding hydrogens is 326 g/mol. The van der Waals surface area contributed by atoms with Crippen molar-refractivity contribution in [3.63, 3.8) is 0 Å². The second-order valence-electron chi connectivity index (χ2n) is 5.23. The fourth-order valence-corrected chi connectivity index (χ4v) is 2.86. The van der Waals surface area contributed by atoms with E-state index in [-0.39, 0.29) is 5.65 Å². The van der Waals surface area contributed by atoms with E-state index in [9.17, 15) is 10.0 Å². The molecule has 0 aliphatic carbocycles. The average Bonchev–Trinajstić information content (AvgIpc) is 2.58. The summed E-state index contributed by atoms with van der Waals surface area (Å²) >= 11 is 1.53. The second kappa shape index (κ2) is 6.79. The Labute approximate surface area is 142 Å². The maximum absolute atomic E-state index is 11.9. The fraction of sp³-hybridized carbons (Fsp3) is 0.188. The summed E-state index contributed by atoms with van der Waals surface area (Å²) in [5.41, 5.74) is 3.00. The molecule has 24 heavy (non-hydrogen) atoms. The lowest BCUT2D eigenvalue weighted by Crippen LogP contribution is -2.20. The van der Waals surface area contributed by atoms with E-state index in [4.69, 9.17) is 0 Å². The van der Waals surface area contributed by atoms with Gasteiger partial charge in [0.2, 0.25) is 0 Å². The summed E-state index contributed by atoms with van der Waals surface area (Å²) in [5, 5.41) is 13.7. The Bertz CT molecular complexity index is 941. The minimum atomic E-state index is -0.541. The summed E-state index contributed by atoms with van der Waals surface area (Å²) in [4.78, 5) is 20.1. The molecule has 7 nitrogen and oxygen atoms in total. The third kappa shape index (κ3) is 3.13. The van der Waals surface area contributed by atoms with Gasteiger partial charge in [-0.1, -0.05) is 24.1 Å². The Kier molecular flexibility index (Phi) is 4.57. The number of benzene rings is 1. The number of hydrogen-bond donors (Lipinski definition) is 3. The summed E-state index contributed by atoms with van der Waals surface area (Å²) in [6.07, 6.45) is 3.29. The van der Waals surface area contributed by atoms with Crippen molar-refractivity contribution in [3.05, 3.63) is 58.3 Å². The molecule has 0 atom stereocenters. The van der Waals surface area contributed by atoms with Gasteiger partial charge in [-0.3, -0.25) is 4.79 Å². The lowest BCUT2D eigenvalue weighted by Gasteiger charge is -2.12. The van der Waals surface area contributed by atoms with Crippen LogP contribution in [0.15, 0.2) is 41.5 Å². The van der Waals surface area contributed by atoms with Gasteiger partial charge in [0.15, 0.2) is 5.65 Å². The monoisotopic (exact) mass is 343 g/mol. The molecular formula is C16H17N5O2S. The zero-order valence-electron chi connectivity index (χ0n) is 13.3. The molecule has 0 aliphatic rings. The number of fused-ring (bicyclic) bond motifs is 1. The SMILES string of the molecule is CSNc1cccc(CNc2cc(=O)n(O)c3ncnc(C)c23)c1. The summed E-state index contributed by atoms with van der Waals surface area (Å²) in [7, 11) is 0. The molecule has 0 spiro atoms. The molecule has 1 aromatic carbocycles. The number of rotatable bonds is 5. The zero-order chi connectivity index (χ0) is 17.1. The van der Waals surface area contributed by atoms with Crippen molar-refractivity contribution >= 4 is 34.4 Å². The van der Waals surface area contributed by atoms with Crippen molar-refractivity contribution in [2.45, 2.75) is 13.5 Å². The first-order valence-electron chi connectivity index (χ1n) is 7.28. The first kappa shape index (κ1) is 16.1. The Hall–Kier alpha value is -2.74. The molecule has 3 N–H and O–H groups in total. The van der Waals surface area contributed by atoms with E-state index in [1.165, 1.54) is 24.3 Å². The van der Waals surface area contributed by atoms with E-state index in [0.717, 1.165) is 11.3 Å². The molecule has 0 aliphatic heterocycles. The first-order chi connectivity index (χ1) is 11.6. The van der Waals surface area contributed by atoms with Crippen LogP contribution in [-0.2, 0) is 6.54 Å². The van der Waals surface area contributed by atoms with Crippen LogP contribution < -0.4 is 15.6 Å². The van der Waals surface area contributed by atoms with E-state index >= 15 is 0 Å². The van der Waals surface area contributed by atoms with E-state index in [2.05, 4.69) is 20.0 Å². The largest absolute Gasteiger partial charge is 0.423 e. The van der Waals surface area contributed by atoms with Crippen LogP contribution in [-0.4, -0.2) is 26.2 Å². The van der Waals surface area contributed by atoms with Crippen LogP contribution in [0.2, 0.25) is 0 Å². The smallest absolute Gasteiger partial charge is 0.286 e. The molecule has 0 radical (unpaired) electrons. The van der Waals surface area contributed by atoms with E-state index in [1.807, 2.05) is 37.4 Å². The lowest BCUT2D eigenvalue weighted by atomic mass is 10.1. The van der Waals surface area contributed by atoms with Gasteiger partial charge in [0.25, 0.3) is 5.56 Å². The van der Waals surface area contributed by atoms with Crippen LogP contribution in [0.5, 0.6) is 0 Å². The number of pyridine rings is 1. The van der Waals surface area contributed by atoms with Gasteiger partial charge in [-0.2, -0.15) is 0 Å². The highest BCUT2D eigenvalue weighted by molar-refractivity contribution is 7.99. The van der Waals surface area contributed by atoms with Gasteiger partial charge >= 0.3 is 0 Å². The fourth-order valence-electron chi connectivity index (χ4n) is 2.50. The molecule has 0 bridgehead atoms. The maximum Gasteiger partial charge on any atom is 0.286 e. The quantitative estimate of drug-likeness (QED) is 0.484. The minimum absolute atomic E-state index is 0.190. The van der Waals surface area contributed by atoms with Crippen molar-refractivity contribution in [3.8, 4) is 0 Å². The number of aromatic nitrogens is 3. The van der Waals surface area contributed by atoms with Crippen LogP contribution in [0.25, 0.3) is 11.0 Å². The minimum Gasteiger partial charge on any atom is -0.423 e. The molecule has 2 heterocycles. The molecule has 2 aromatic heterocycles. The van der Waals surface area contributed by atoms with Crippen molar-refractivity contribution in [2.24, 2.45) is 0 Å². The summed E-state index contributed by atoms with van der Waals surface area (Å²) in [6, 6.07) is 9.33. The highest BCUT2D eigenvalue weighted by atomic mass is 32.2. The Morgan fingerprint density at radius 2 is 2.12 bits per heavy atom. The number of hydrogen-bond acceptors (Lipinski definition) is 7. The number of anilines is 2. The highest BCUT2D eigenvalue weighted by Gasteiger charge is 2.12. The van der Waals surface area contributed by atoms with Crippen molar-refractivity contribution in [2.75, 3.05) is 16.3 Å². The Morgan fingerprint density at radius 3 is 2.92 bits per heavy atom. The first-order valence-corrected chi connectivity index (χ1v) is 8.51. The van der Waals surface area contributed by atoms with Gasteiger partial charge in [0.1, 0.15) is 6.33 Å². The van der Waals surface area contributed by atoms with E-state index in [0.29, 0.717) is 28.0 Å². The normalized spacial score (nSPS) is 10.8. The average molecular weight is 343 g/mol. The van der Waals surface area contributed by atoms with Gasteiger partial charge in [-0.25, -0.2) is 9.97 Å². The molecule has 3 rings (SSSR count). The molecule has 0 saturated heterocycles. The Morgan fingerprint density at radius 1 is 1.29 bits per heavy atom. The number of nitrogens with one attached hydrogen (secondary N) is 2. The second-order valence-corrected chi connectivity index (χ2v) is 5.84. The number of aryl methyl sites for hydroxylation is 1. The van der Waals surface area contributed by atoms with Gasteiger partial charge in [-0.15, -0.1) is 4.73 Å². The van der Waals surface area contributed by atoms with Crippen molar-refractivity contribution in [1.82, 2.24) is 14.7 Å². The molecule has 124 valence electrons. The van der Waals surface area contributed by atoms with Crippen molar-refractivity contribution in [1.29, 1.82) is 0 Å². The molecule has 0 fully saturated rings. The van der Waals surface area contributed by atoms with Gasteiger partial charge in [0.05, 0.1) is 16.8 Å². The predicted octanol–water partition coefficient (Wildman–Crippen LogP) is 2.64. The van der Waals surface area contributed by atoms with Crippen LogP contribution in [0.1, 0.15) is 11.3 Å². The molecule has 3 aromatic rings. The van der Waals surface area contributed by atoms with Gasteiger partial charge in [-0.05, 0) is 24.6 Å². The highest BCUT2D eigenvalue weighted by Crippen LogP contribution is 2.23. The van der Waals surface area contributed by atoms with Crippen molar-refractivity contribution < 1.29 is 5.21 Å². The summed E-state index contributed by atoms with van der Waals surface area (Å²) < 4.78 is 3.72. The molecule has 0 unspecified atom stereocenters. The standard InChI is InChI=1S/C16H17N5O2S/c1-10-15-13(7-14(22)21(23)16(15)19-9-18-10)17-8-11-4-3-5-12(6-11)20-24-2/h3-7,9,17,20,23H,8H2,1-2H3. The van der Waals surface area contributed by atoms with E-state index in [1.54, 1.807) is 0 Å². The summed E-state index contributed by atoms with van der Waals surface area (Å²) in [5.74, 6) is 0. The molecule has 0 saturated carbocycles. The molecule has 0 amide bonds. The van der Waals surface area contributed by atoms with Crippen LogP contribution in [0.3, 0.4) is 0 Å². The van der Waals surface area contributed by atoms with E-state index < -0.39 is 5.56 Å². The zero-order valence-corrected chi connectivity index (χ0v) is 14.1. The van der Waals surface area contributed by atoms with Crippen LogP contribution in [0, 0.1) is 6.92 Å². The number of nitrogens with zero attached hydrogens (tertiary/aromatic N) is 3. The summed E-state index contributed by atoms with van der Waals surface area (Å²) in [6.45, 7) is 2.34. The van der Waals surface area contributed by atoms with Crippen LogP contribution >= 0.6 is 11.9 Å². The van der Waals surface area contributed by atoms with Gasteiger partial charge in [0, 0.05) is 24.6 Å². The van der Waals surface area contributed by atoms with Crippen LogP contribution in [0.4, 0.5) is 11.4 Å². The Balaban J connectivity index is 1.95. The topological polar surface area (TPSA) is 92.1 Å². The molecule has 8 heteroatoms.